The van der Waals surface area contributed by atoms with Gasteiger partial charge in [0, 0.05) is 25.3 Å². The van der Waals surface area contributed by atoms with Crippen LogP contribution < -0.4 is 5.32 Å². The smallest absolute Gasteiger partial charge is 0.255 e. The summed E-state index contributed by atoms with van der Waals surface area (Å²) in [5, 5.41) is 12.5. The number of alkyl halides is 1. The lowest BCUT2D eigenvalue weighted by atomic mass is 9.92. The minimum absolute atomic E-state index is 0.133. The molecule has 0 aromatic carbocycles. The number of halogens is 1. The molecule has 2 heterocycles. The van der Waals surface area contributed by atoms with Gasteiger partial charge in [-0.15, -0.1) is 11.6 Å². The number of hydrogen-bond donors (Lipinski definition) is 2. The monoisotopic (exact) mass is 270 g/mol. The summed E-state index contributed by atoms with van der Waals surface area (Å²) in [6, 6.07) is 1.48. The van der Waals surface area contributed by atoms with Crippen molar-refractivity contribution >= 4 is 17.5 Å². The Balaban J connectivity index is 2.13. The number of carbonyl (C=O) groups excluding carboxylic acids is 1. The third kappa shape index (κ3) is 2.73. The van der Waals surface area contributed by atoms with Crippen LogP contribution in [0, 0.1) is 0 Å². The van der Waals surface area contributed by atoms with Crippen molar-refractivity contribution < 1.29 is 14.6 Å². The van der Waals surface area contributed by atoms with Crippen LogP contribution in [-0.4, -0.2) is 40.6 Å². The van der Waals surface area contributed by atoms with Gasteiger partial charge in [0.1, 0.15) is 5.75 Å². The highest BCUT2D eigenvalue weighted by molar-refractivity contribution is 6.19. The van der Waals surface area contributed by atoms with Gasteiger partial charge in [0.2, 0.25) is 0 Å². The molecular weight excluding hydrogens is 256 g/mol. The molecule has 0 spiro atoms. The molecule has 0 saturated carbocycles. The van der Waals surface area contributed by atoms with Crippen LogP contribution in [0.5, 0.6) is 5.75 Å². The van der Waals surface area contributed by atoms with E-state index < -0.39 is 5.54 Å². The SMILES string of the molecule is O=C(NC1(CCl)CCOCC1)c1ccncc1O. The van der Waals surface area contributed by atoms with Crippen LogP contribution in [0.15, 0.2) is 18.5 Å². The van der Waals surface area contributed by atoms with Gasteiger partial charge >= 0.3 is 0 Å². The van der Waals surface area contributed by atoms with Crippen LogP contribution in [0.1, 0.15) is 23.2 Å². The van der Waals surface area contributed by atoms with Gasteiger partial charge in [0.25, 0.3) is 5.91 Å². The fourth-order valence-electron chi connectivity index (χ4n) is 1.94. The number of hydrogen-bond acceptors (Lipinski definition) is 4. The van der Waals surface area contributed by atoms with Gasteiger partial charge in [-0.05, 0) is 18.9 Å². The molecule has 0 unspecified atom stereocenters. The summed E-state index contributed by atoms with van der Waals surface area (Å²) >= 11 is 5.96. The molecule has 1 amide bonds. The van der Waals surface area contributed by atoms with E-state index in [0.29, 0.717) is 31.9 Å². The zero-order valence-electron chi connectivity index (χ0n) is 9.86. The maximum absolute atomic E-state index is 12.1. The van der Waals surface area contributed by atoms with Crippen LogP contribution in [0.25, 0.3) is 0 Å². The Morgan fingerprint density at radius 2 is 2.28 bits per heavy atom. The Morgan fingerprint density at radius 3 is 2.89 bits per heavy atom. The first-order valence-electron chi connectivity index (χ1n) is 5.76. The first kappa shape index (κ1) is 13.1. The zero-order chi connectivity index (χ0) is 13.0. The lowest BCUT2D eigenvalue weighted by molar-refractivity contribution is 0.0433. The van der Waals surface area contributed by atoms with Gasteiger partial charge in [-0.1, -0.05) is 0 Å². The van der Waals surface area contributed by atoms with E-state index in [-0.39, 0.29) is 17.2 Å². The summed E-state index contributed by atoms with van der Waals surface area (Å²) in [6.07, 6.45) is 4.06. The second-order valence-electron chi connectivity index (χ2n) is 4.37. The molecule has 0 bridgehead atoms. The first-order chi connectivity index (χ1) is 8.67. The Morgan fingerprint density at radius 1 is 1.56 bits per heavy atom. The lowest BCUT2D eigenvalue weighted by Crippen LogP contribution is -2.53. The van der Waals surface area contributed by atoms with Crippen molar-refractivity contribution in [1.82, 2.24) is 10.3 Å². The molecule has 1 aromatic rings. The molecule has 1 fully saturated rings. The van der Waals surface area contributed by atoms with Crippen molar-refractivity contribution in [2.75, 3.05) is 19.1 Å². The molecule has 18 heavy (non-hydrogen) atoms. The van der Waals surface area contributed by atoms with E-state index in [1.54, 1.807) is 0 Å². The number of nitrogens with one attached hydrogen (secondary N) is 1. The standard InChI is InChI=1S/C12H15ClN2O3/c13-8-12(2-5-18-6-3-12)15-11(17)9-1-4-14-7-10(9)16/h1,4,7,16H,2-3,5-6,8H2,(H,15,17). The van der Waals surface area contributed by atoms with E-state index in [0.717, 1.165) is 0 Å². The lowest BCUT2D eigenvalue weighted by Gasteiger charge is -2.36. The highest BCUT2D eigenvalue weighted by Crippen LogP contribution is 2.24. The van der Waals surface area contributed by atoms with Gasteiger partial charge in [-0.2, -0.15) is 0 Å². The van der Waals surface area contributed by atoms with Crippen molar-refractivity contribution in [3.63, 3.8) is 0 Å². The number of pyridine rings is 1. The molecular formula is C12H15ClN2O3. The number of nitrogens with zero attached hydrogens (tertiary/aromatic N) is 1. The highest BCUT2D eigenvalue weighted by atomic mass is 35.5. The van der Waals surface area contributed by atoms with Gasteiger partial charge in [-0.25, -0.2) is 0 Å². The number of carbonyl (C=O) groups is 1. The minimum atomic E-state index is -0.452. The summed E-state index contributed by atoms with van der Waals surface area (Å²) in [5.41, 5.74) is -0.243. The first-order valence-corrected chi connectivity index (χ1v) is 6.29. The van der Waals surface area contributed by atoms with Gasteiger partial charge in [-0.3, -0.25) is 9.78 Å². The molecule has 1 aromatic heterocycles. The zero-order valence-corrected chi connectivity index (χ0v) is 10.6. The van der Waals surface area contributed by atoms with Gasteiger partial charge in [0.15, 0.2) is 0 Å². The van der Waals surface area contributed by atoms with Crippen molar-refractivity contribution in [1.29, 1.82) is 0 Å². The molecule has 1 aliphatic heterocycles. The van der Waals surface area contributed by atoms with Crippen LogP contribution in [0.4, 0.5) is 0 Å². The van der Waals surface area contributed by atoms with Crippen molar-refractivity contribution in [3.8, 4) is 5.75 Å². The fraction of sp³-hybridized carbons (Fsp3) is 0.500. The number of aromatic nitrogens is 1. The molecule has 0 aliphatic carbocycles. The molecule has 2 rings (SSSR count). The van der Waals surface area contributed by atoms with Crippen molar-refractivity contribution in [3.05, 3.63) is 24.0 Å². The third-order valence-corrected chi connectivity index (χ3v) is 3.64. The maximum atomic E-state index is 12.1. The Kier molecular flexibility index (Phi) is 4.04. The van der Waals surface area contributed by atoms with E-state index in [2.05, 4.69) is 10.3 Å². The van der Waals surface area contributed by atoms with E-state index in [1.165, 1.54) is 18.5 Å². The predicted molar refractivity (Wildman–Crippen MR) is 66.9 cm³/mol. The Hall–Kier alpha value is -1.33. The predicted octanol–water partition coefficient (Wildman–Crippen LogP) is 1.30. The molecule has 1 aliphatic rings. The van der Waals surface area contributed by atoms with E-state index >= 15 is 0 Å². The quantitative estimate of drug-likeness (QED) is 0.813. The molecule has 5 nitrogen and oxygen atoms in total. The Bertz CT molecular complexity index is 433. The minimum Gasteiger partial charge on any atom is -0.505 e. The molecule has 98 valence electrons. The van der Waals surface area contributed by atoms with Gasteiger partial charge < -0.3 is 15.2 Å². The molecule has 2 N–H and O–H groups in total. The summed E-state index contributed by atoms with van der Waals surface area (Å²) in [7, 11) is 0. The topological polar surface area (TPSA) is 71.5 Å². The molecule has 6 heteroatoms. The number of rotatable bonds is 3. The van der Waals surface area contributed by atoms with E-state index in [1.807, 2.05) is 0 Å². The number of aromatic hydroxyl groups is 1. The molecule has 0 radical (unpaired) electrons. The Labute approximate surface area is 110 Å². The molecule has 0 atom stereocenters. The third-order valence-electron chi connectivity index (χ3n) is 3.13. The average molecular weight is 271 g/mol. The number of amides is 1. The number of ether oxygens (including phenoxy) is 1. The van der Waals surface area contributed by atoms with Crippen LogP contribution in [-0.2, 0) is 4.74 Å². The average Bonchev–Trinajstić information content (AvgIpc) is 2.40. The summed E-state index contributed by atoms with van der Waals surface area (Å²) < 4.78 is 5.27. The second-order valence-corrected chi connectivity index (χ2v) is 4.64. The summed E-state index contributed by atoms with van der Waals surface area (Å²) in [6.45, 7) is 1.16. The van der Waals surface area contributed by atoms with Crippen LogP contribution >= 0.6 is 11.6 Å². The largest absolute Gasteiger partial charge is 0.505 e. The van der Waals surface area contributed by atoms with Crippen LogP contribution in [0.3, 0.4) is 0 Å². The van der Waals surface area contributed by atoms with Crippen LogP contribution in [0.2, 0.25) is 0 Å². The van der Waals surface area contributed by atoms with Crippen molar-refractivity contribution in [2.24, 2.45) is 0 Å². The summed E-state index contributed by atoms with van der Waals surface area (Å²) in [4.78, 5) is 15.8. The van der Waals surface area contributed by atoms with E-state index in [4.69, 9.17) is 16.3 Å². The summed E-state index contributed by atoms with van der Waals surface area (Å²) in [5.74, 6) is -0.141. The maximum Gasteiger partial charge on any atom is 0.255 e. The normalized spacial score (nSPS) is 18.3. The van der Waals surface area contributed by atoms with E-state index in [9.17, 15) is 9.90 Å². The second kappa shape index (κ2) is 5.54. The molecule has 1 saturated heterocycles. The van der Waals surface area contributed by atoms with Crippen molar-refractivity contribution in [2.45, 2.75) is 18.4 Å². The van der Waals surface area contributed by atoms with Gasteiger partial charge in [0.05, 0.1) is 17.3 Å². The fourth-order valence-corrected chi connectivity index (χ4v) is 2.27. The highest BCUT2D eigenvalue weighted by Gasteiger charge is 2.34.